The summed E-state index contributed by atoms with van der Waals surface area (Å²) in [5.74, 6) is -0.447. The minimum atomic E-state index is -1.05. The van der Waals surface area contributed by atoms with Crippen LogP contribution in [0.25, 0.3) is 0 Å². The fourth-order valence-corrected chi connectivity index (χ4v) is 2.22. The second kappa shape index (κ2) is 8.81. The Morgan fingerprint density at radius 3 is 2.76 bits per heavy atom. The maximum Gasteiger partial charge on any atom is 0.326 e. The van der Waals surface area contributed by atoms with Gasteiger partial charge in [0, 0.05) is 6.92 Å². The van der Waals surface area contributed by atoms with Gasteiger partial charge in [-0.1, -0.05) is 37.1 Å². The monoisotopic (exact) mass is 347 g/mol. The topological polar surface area (TPSA) is 115 Å². The number of amides is 1. The highest BCUT2D eigenvalue weighted by atomic mass is 16.5. The van der Waals surface area contributed by atoms with Gasteiger partial charge in [-0.05, 0) is 18.6 Å². The number of aliphatic carboxylic acids is 1. The second-order valence-electron chi connectivity index (χ2n) is 5.52. The van der Waals surface area contributed by atoms with Gasteiger partial charge in [-0.2, -0.15) is 4.98 Å². The van der Waals surface area contributed by atoms with E-state index in [0.29, 0.717) is 30.3 Å². The van der Waals surface area contributed by atoms with Crippen LogP contribution in [0.15, 0.2) is 28.8 Å². The number of hydrogen-bond donors (Lipinski definition) is 2. The molecule has 1 aromatic carbocycles. The molecule has 0 saturated heterocycles. The lowest BCUT2D eigenvalue weighted by atomic mass is 10.1. The Balaban J connectivity index is 2.07. The lowest BCUT2D eigenvalue weighted by Crippen LogP contribution is -2.40. The molecule has 1 heterocycles. The Labute approximate surface area is 145 Å². The first-order valence-electron chi connectivity index (χ1n) is 8.06. The van der Waals surface area contributed by atoms with Crippen LogP contribution >= 0.6 is 0 Å². The van der Waals surface area contributed by atoms with Gasteiger partial charge in [0.1, 0.15) is 11.8 Å². The molecule has 0 spiro atoms. The zero-order chi connectivity index (χ0) is 18.2. The summed E-state index contributed by atoms with van der Waals surface area (Å²) in [6.45, 7) is 3.67. The number of para-hydroxylation sites is 1. The minimum absolute atomic E-state index is 0.0415. The molecule has 8 nitrogen and oxygen atoms in total. The molecule has 2 aromatic rings. The molecule has 0 aliphatic rings. The van der Waals surface area contributed by atoms with E-state index in [1.807, 2.05) is 6.92 Å². The van der Waals surface area contributed by atoms with Crippen LogP contribution in [0.5, 0.6) is 5.75 Å². The van der Waals surface area contributed by atoms with E-state index in [9.17, 15) is 14.7 Å². The molecule has 0 saturated carbocycles. The molecule has 2 N–H and O–H groups in total. The molecular formula is C17H21N3O5. The zero-order valence-electron chi connectivity index (χ0n) is 14.2. The van der Waals surface area contributed by atoms with Crippen molar-refractivity contribution in [1.82, 2.24) is 15.5 Å². The number of unbranched alkanes of at least 4 members (excludes halogenated alkanes) is 1. The van der Waals surface area contributed by atoms with E-state index in [1.54, 1.807) is 31.2 Å². The van der Waals surface area contributed by atoms with Gasteiger partial charge >= 0.3 is 5.97 Å². The Bertz CT molecular complexity index is 729. The van der Waals surface area contributed by atoms with Crippen molar-refractivity contribution in [2.45, 2.75) is 45.8 Å². The number of aryl methyl sites for hydroxylation is 1. The van der Waals surface area contributed by atoms with Gasteiger partial charge in [-0.25, -0.2) is 4.79 Å². The summed E-state index contributed by atoms with van der Waals surface area (Å²) >= 11 is 0. The number of carbonyl (C=O) groups is 2. The van der Waals surface area contributed by atoms with E-state index in [1.165, 1.54) is 0 Å². The van der Waals surface area contributed by atoms with Crippen molar-refractivity contribution < 1.29 is 24.0 Å². The molecule has 134 valence electrons. The summed E-state index contributed by atoms with van der Waals surface area (Å²) in [6.07, 6.45) is 1.94. The number of benzene rings is 1. The highest BCUT2D eigenvalue weighted by Crippen LogP contribution is 2.19. The number of nitrogens with one attached hydrogen (secondary N) is 1. The Morgan fingerprint density at radius 1 is 1.36 bits per heavy atom. The Hall–Kier alpha value is -2.90. The maximum atomic E-state index is 12.5. The summed E-state index contributed by atoms with van der Waals surface area (Å²) < 4.78 is 10.4. The largest absolute Gasteiger partial charge is 0.485 e. The summed E-state index contributed by atoms with van der Waals surface area (Å²) in [4.78, 5) is 27.8. The molecule has 8 heteroatoms. The van der Waals surface area contributed by atoms with E-state index in [2.05, 4.69) is 15.5 Å². The molecule has 1 amide bonds. The van der Waals surface area contributed by atoms with Crippen LogP contribution in [0, 0.1) is 6.92 Å². The van der Waals surface area contributed by atoms with Crippen molar-refractivity contribution in [1.29, 1.82) is 0 Å². The Morgan fingerprint density at radius 2 is 2.12 bits per heavy atom. The summed E-state index contributed by atoms with van der Waals surface area (Å²) in [6, 6.07) is 5.68. The van der Waals surface area contributed by atoms with Gasteiger partial charge in [-0.3, -0.25) is 4.79 Å². The number of aromatic nitrogens is 2. The standard InChI is InChI=1S/C17H21N3O5/c1-3-4-8-13(17(22)23)19-16(21)12-7-5-6-9-14(12)24-10-15-18-11(2)25-20-15/h5-7,9,13H,3-4,8,10H2,1-2H3,(H,19,21)(H,22,23)/t13-/m0/s1. The fraction of sp³-hybridized carbons (Fsp3) is 0.412. The number of rotatable bonds is 9. The molecule has 25 heavy (non-hydrogen) atoms. The molecule has 0 radical (unpaired) electrons. The highest BCUT2D eigenvalue weighted by molar-refractivity contribution is 5.98. The van der Waals surface area contributed by atoms with Gasteiger partial charge < -0.3 is 19.7 Å². The first-order chi connectivity index (χ1) is 12.0. The summed E-state index contributed by atoms with van der Waals surface area (Å²) in [7, 11) is 0. The van der Waals surface area contributed by atoms with E-state index in [-0.39, 0.29) is 12.2 Å². The third-order valence-corrected chi connectivity index (χ3v) is 3.51. The minimum Gasteiger partial charge on any atom is -0.485 e. The van der Waals surface area contributed by atoms with Crippen molar-refractivity contribution in [3.8, 4) is 5.75 Å². The van der Waals surface area contributed by atoms with Gasteiger partial charge in [0.2, 0.25) is 11.7 Å². The fourth-order valence-electron chi connectivity index (χ4n) is 2.22. The first kappa shape index (κ1) is 18.4. The number of carboxylic acids is 1. The number of carbonyl (C=O) groups excluding carboxylic acids is 1. The Kier molecular flexibility index (Phi) is 6.50. The average molecular weight is 347 g/mol. The van der Waals surface area contributed by atoms with Crippen molar-refractivity contribution in [2.24, 2.45) is 0 Å². The van der Waals surface area contributed by atoms with Gasteiger partial charge in [0.15, 0.2) is 6.61 Å². The van der Waals surface area contributed by atoms with Gasteiger partial charge in [0.25, 0.3) is 5.91 Å². The van der Waals surface area contributed by atoms with Crippen molar-refractivity contribution in [3.63, 3.8) is 0 Å². The van der Waals surface area contributed by atoms with Gasteiger partial charge in [0.05, 0.1) is 5.56 Å². The van der Waals surface area contributed by atoms with Crippen molar-refractivity contribution in [3.05, 3.63) is 41.5 Å². The lowest BCUT2D eigenvalue weighted by Gasteiger charge is -2.15. The molecular weight excluding hydrogens is 326 g/mol. The van der Waals surface area contributed by atoms with Crippen LogP contribution in [0.1, 0.15) is 48.3 Å². The number of nitrogens with zero attached hydrogens (tertiary/aromatic N) is 2. The van der Waals surface area contributed by atoms with Crippen LogP contribution in [0.2, 0.25) is 0 Å². The molecule has 1 aromatic heterocycles. The average Bonchev–Trinajstić information content (AvgIpc) is 3.02. The number of ether oxygens (including phenoxy) is 1. The third kappa shape index (κ3) is 5.30. The highest BCUT2D eigenvalue weighted by Gasteiger charge is 2.22. The van der Waals surface area contributed by atoms with Crippen molar-refractivity contribution >= 4 is 11.9 Å². The van der Waals surface area contributed by atoms with Crippen molar-refractivity contribution in [2.75, 3.05) is 0 Å². The molecule has 0 fully saturated rings. The van der Waals surface area contributed by atoms with E-state index < -0.39 is 17.9 Å². The van der Waals surface area contributed by atoms with Crippen LogP contribution in [-0.4, -0.2) is 33.2 Å². The lowest BCUT2D eigenvalue weighted by molar-refractivity contribution is -0.139. The van der Waals surface area contributed by atoms with Crippen LogP contribution < -0.4 is 10.1 Å². The quantitative estimate of drug-likeness (QED) is 0.715. The van der Waals surface area contributed by atoms with Crippen LogP contribution in [-0.2, 0) is 11.4 Å². The normalized spacial score (nSPS) is 11.8. The summed E-state index contributed by atoms with van der Waals surface area (Å²) in [5.41, 5.74) is 0.255. The van der Waals surface area contributed by atoms with E-state index >= 15 is 0 Å². The number of hydrogen-bond acceptors (Lipinski definition) is 6. The predicted molar refractivity (Wildman–Crippen MR) is 88.2 cm³/mol. The molecule has 1 atom stereocenters. The maximum absolute atomic E-state index is 12.5. The molecule has 0 aliphatic carbocycles. The van der Waals surface area contributed by atoms with Crippen LogP contribution in [0.3, 0.4) is 0 Å². The van der Waals surface area contributed by atoms with E-state index in [0.717, 1.165) is 6.42 Å². The smallest absolute Gasteiger partial charge is 0.326 e. The second-order valence-corrected chi connectivity index (χ2v) is 5.52. The predicted octanol–water partition coefficient (Wildman–Crippen LogP) is 2.33. The molecule has 2 rings (SSSR count). The van der Waals surface area contributed by atoms with Crippen LogP contribution in [0.4, 0.5) is 0 Å². The third-order valence-electron chi connectivity index (χ3n) is 3.51. The molecule has 0 aliphatic heterocycles. The number of carboxylic acid groups (broad SMARTS) is 1. The molecule has 0 unspecified atom stereocenters. The first-order valence-corrected chi connectivity index (χ1v) is 8.06. The van der Waals surface area contributed by atoms with Gasteiger partial charge in [-0.15, -0.1) is 0 Å². The SMILES string of the molecule is CCCC[C@H](NC(=O)c1ccccc1OCc1noc(C)n1)C(=O)O. The molecule has 0 bridgehead atoms. The zero-order valence-corrected chi connectivity index (χ0v) is 14.2. The van der Waals surface area contributed by atoms with E-state index in [4.69, 9.17) is 9.26 Å². The summed E-state index contributed by atoms with van der Waals surface area (Å²) in [5, 5.41) is 15.5.